The summed E-state index contributed by atoms with van der Waals surface area (Å²) in [5.41, 5.74) is 2.52. The van der Waals surface area contributed by atoms with E-state index in [2.05, 4.69) is 17.4 Å². The quantitative estimate of drug-likeness (QED) is 0.567. The van der Waals surface area contributed by atoms with E-state index in [1.54, 1.807) is 0 Å². The fraction of sp³-hybridized carbons (Fsp3) is 0.400. The van der Waals surface area contributed by atoms with Gasteiger partial charge in [-0.05, 0) is 28.7 Å². The van der Waals surface area contributed by atoms with Crippen molar-refractivity contribution in [2.45, 2.75) is 43.7 Å². The van der Waals surface area contributed by atoms with Gasteiger partial charge in [0.05, 0.1) is 13.1 Å². The molecule has 8 nitrogen and oxygen atoms in total. The number of rotatable bonds is 8. The van der Waals surface area contributed by atoms with E-state index in [0.717, 1.165) is 28.7 Å². The van der Waals surface area contributed by atoms with E-state index < -0.39 is 29.6 Å². The van der Waals surface area contributed by atoms with Crippen LogP contribution in [0.5, 0.6) is 0 Å². The molecular formula is C25H28N2O6. The molecule has 2 aromatic carbocycles. The first-order valence-corrected chi connectivity index (χ1v) is 11.2. The van der Waals surface area contributed by atoms with Gasteiger partial charge in [-0.1, -0.05) is 68.3 Å². The highest BCUT2D eigenvalue weighted by atomic mass is 16.5. The molecule has 4 rings (SSSR count). The zero-order valence-electron chi connectivity index (χ0n) is 18.5. The smallest absolute Gasteiger partial charge is 0.407 e. The largest absolute Gasteiger partial charge is 0.479 e. The normalized spacial score (nSPS) is 16.8. The third kappa shape index (κ3) is 4.43. The first-order chi connectivity index (χ1) is 15.8. The van der Waals surface area contributed by atoms with Gasteiger partial charge in [-0.25, -0.2) is 9.59 Å². The standard InChI is InChI=1S/C25H28N2O6/c1-2-3-12-21(22(28)27-14-25(32,15-27)23(29)30)26-24(31)33-13-20-18-10-6-4-8-16(18)17-9-5-7-11-19(17)20/h4-11,20-21,32H,2-3,12-15H2,1H3,(H,26,31)(H,29,30)/t21-/m0/s1. The molecule has 33 heavy (non-hydrogen) atoms. The molecule has 1 fully saturated rings. The zero-order chi connectivity index (χ0) is 23.6. The summed E-state index contributed by atoms with van der Waals surface area (Å²) in [6.45, 7) is 1.52. The Labute approximate surface area is 192 Å². The van der Waals surface area contributed by atoms with Crippen LogP contribution in [0, 0.1) is 0 Å². The number of carbonyl (C=O) groups excluding carboxylic acids is 2. The minimum atomic E-state index is -1.92. The number of carboxylic acid groups (broad SMARTS) is 1. The second-order valence-electron chi connectivity index (χ2n) is 8.70. The van der Waals surface area contributed by atoms with E-state index in [4.69, 9.17) is 9.84 Å². The number of alkyl carbamates (subject to hydrolysis) is 1. The van der Waals surface area contributed by atoms with Crippen molar-refractivity contribution in [1.82, 2.24) is 10.2 Å². The van der Waals surface area contributed by atoms with E-state index in [1.165, 1.54) is 4.90 Å². The van der Waals surface area contributed by atoms with Crippen LogP contribution in [0.15, 0.2) is 48.5 Å². The number of likely N-dealkylation sites (tertiary alicyclic amines) is 1. The lowest BCUT2D eigenvalue weighted by atomic mass is 9.93. The summed E-state index contributed by atoms with van der Waals surface area (Å²) >= 11 is 0. The fourth-order valence-corrected chi connectivity index (χ4v) is 4.54. The molecule has 0 spiro atoms. The van der Waals surface area contributed by atoms with Gasteiger partial charge in [-0.15, -0.1) is 0 Å². The molecule has 2 amide bonds. The number of hydrogen-bond donors (Lipinski definition) is 3. The number of aliphatic hydroxyl groups is 1. The predicted molar refractivity (Wildman–Crippen MR) is 121 cm³/mol. The molecule has 2 aliphatic rings. The Morgan fingerprint density at radius 3 is 2.21 bits per heavy atom. The Kier molecular flexibility index (Phi) is 6.37. The molecule has 174 valence electrons. The molecule has 3 N–H and O–H groups in total. The van der Waals surface area contributed by atoms with Gasteiger partial charge in [0.15, 0.2) is 5.60 Å². The molecule has 1 aliphatic heterocycles. The van der Waals surface area contributed by atoms with Crippen molar-refractivity contribution >= 4 is 18.0 Å². The minimum Gasteiger partial charge on any atom is -0.479 e. The number of fused-ring (bicyclic) bond motifs is 3. The Morgan fingerprint density at radius 2 is 1.67 bits per heavy atom. The van der Waals surface area contributed by atoms with Gasteiger partial charge in [-0.3, -0.25) is 4.79 Å². The highest BCUT2D eigenvalue weighted by Gasteiger charge is 2.51. The van der Waals surface area contributed by atoms with Crippen molar-refractivity contribution in [3.63, 3.8) is 0 Å². The second kappa shape index (κ2) is 9.23. The van der Waals surface area contributed by atoms with Gasteiger partial charge in [0.25, 0.3) is 0 Å². The highest BCUT2D eigenvalue weighted by Crippen LogP contribution is 2.44. The molecule has 1 atom stereocenters. The summed E-state index contributed by atoms with van der Waals surface area (Å²) in [7, 11) is 0. The molecule has 0 radical (unpaired) electrons. The van der Waals surface area contributed by atoms with Crippen molar-refractivity contribution < 1.29 is 29.3 Å². The average molecular weight is 453 g/mol. The van der Waals surface area contributed by atoms with Crippen molar-refractivity contribution in [2.24, 2.45) is 0 Å². The molecule has 0 aromatic heterocycles. The van der Waals surface area contributed by atoms with Gasteiger partial charge in [-0.2, -0.15) is 0 Å². The summed E-state index contributed by atoms with van der Waals surface area (Å²) in [6, 6.07) is 15.2. The Morgan fingerprint density at radius 1 is 1.09 bits per heavy atom. The maximum atomic E-state index is 12.8. The van der Waals surface area contributed by atoms with Gasteiger partial charge in [0.2, 0.25) is 5.91 Å². The van der Waals surface area contributed by atoms with Crippen molar-refractivity contribution in [3.05, 3.63) is 59.7 Å². The van der Waals surface area contributed by atoms with Crippen LogP contribution in [0.25, 0.3) is 11.1 Å². The second-order valence-corrected chi connectivity index (χ2v) is 8.70. The van der Waals surface area contributed by atoms with E-state index in [0.29, 0.717) is 12.8 Å². The summed E-state index contributed by atoms with van der Waals surface area (Å²) in [5, 5.41) is 21.6. The van der Waals surface area contributed by atoms with E-state index in [-0.39, 0.29) is 25.6 Å². The van der Waals surface area contributed by atoms with E-state index >= 15 is 0 Å². The number of benzene rings is 2. The van der Waals surface area contributed by atoms with Crippen LogP contribution in [0.1, 0.15) is 43.2 Å². The highest BCUT2D eigenvalue weighted by molar-refractivity contribution is 5.89. The molecule has 1 heterocycles. The maximum absolute atomic E-state index is 12.8. The molecule has 0 unspecified atom stereocenters. The minimum absolute atomic E-state index is 0.0890. The first-order valence-electron chi connectivity index (χ1n) is 11.2. The third-order valence-electron chi connectivity index (χ3n) is 6.39. The number of aliphatic carboxylic acids is 1. The number of β-amino-alcohol motifs (C(OH)–C–C–N with tert-alkyl or cyclic N) is 1. The molecule has 1 aliphatic carbocycles. The van der Waals surface area contributed by atoms with Crippen LogP contribution in [0.3, 0.4) is 0 Å². The molecule has 8 heteroatoms. The number of unbranched alkanes of at least 4 members (excludes halogenated alkanes) is 1. The van der Waals surface area contributed by atoms with Crippen LogP contribution in [0.2, 0.25) is 0 Å². The summed E-state index contributed by atoms with van der Waals surface area (Å²) in [4.78, 5) is 37.8. The average Bonchev–Trinajstić information content (AvgIpc) is 3.11. The predicted octanol–water partition coefficient (Wildman–Crippen LogP) is 2.74. The van der Waals surface area contributed by atoms with Crippen molar-refractivity contribution in [1.29, 1.82) is 0 Å². The number of ether oxygens (including phenoxy) is 1. The summed E-state index contributed by atoms with van der Waals surface area (Å²) in [6.07, 6.45) is 1.24. The fourth-order valence-electron chi connectivity index (χ4n) is 4.54. The van der Waals surface area contributed by atoms with Crippen LogP contribution in [-0.2, 0) is 14.3 Å². The third-order valence-corrected chi connectivity index (χ3v) is 6.39. The van der Waals surface area contributed by atoms with E-state index in [9.17, 15) is 19.5 Å². The number of amides is 2. The Balaban J connectivity index is 1.39. The van der Waals surface area contributed by atoms with Crippen molar-refractivity contribution in [3.8, 4) is 11.1 Å². The van der Waals surface area contributed by atoms with Gasteiger partial charge < -0.3 is 25.2 Å². The molecule has 2 aromatic rings. The topological polar surface area (TPSA) is 116 Å². The zero-order valence-corrected chi connectivity index (χ0v) is 18.5. The van der Waals surface area contributed by atoms with Gasteiger partial charge >= 0.3 is 12.1 Å². The van der Waals surface area contributed by atoms with Crippen molar-refractivity contribution in [2.75, 3.05) is 19.7 Å². The number of nitrogens with zero attached hydrogens (tertiary/aromatic N) is 1. The summed E-state index contributed by atoms with van der Waals surface area (Å²) < 4.78 is 5.55. The van der Waals surface area contributed by atoms with Gasteiger partial charge in [0, 0.05) is 5.92 Å². The first kappa shape index (κ1) is 22.8. The molecule has 0 saturated carbocycles. The molecular weight excluding hydrogens is 424 g/mol. The SMILES string of the molecule is CCCC[C@H](NC(=O)OCC1c2ccccc2-c2ccccc21)C(=O)N1CC(O)(C(=O)O)C1. The number of carbonyl (C=O) groups is 3. The molecule has 0 bridgehead atoms. The van der Waals surface area contributed by atoms with Crippen LogP contribution in [-0.4, -0.2) is 64.4 Å². The number of hydrogen-bond acceptors (Lipinski definition) is 5. The van der Waals surface area contributed by atoms with Crippen LogP contribution in [0.4, 0.5) is 4.79 Å². The Hall–Kier alpha value is -3.39. The van der Waals surface area contributed by atoms with E-state index in [1.807, 2.05) is 43.3 Å². The number of nitrogens with one attached hydrogen (secondary N) is 1. The lowest BCUT2D eigenvalue weighted by Gasteiger charge is -2.44. The summed E-state index contributed by atoms with van der Waals surface area (Å²) in [5.74, 6) is -1.86. The van der Waals surface area contributed by atoms with Gasteiger partial charge in [0.1, 0.15) is 12.6 Å². The Bertz CT molecular complexity index is 1020. The maximum Gasteiger partial charge on any atom is 0.407 e. The van der Waals surface area contributed by atoms with Crippen LogP contribution < -0.4 is 5.32 Å². The van der Waals surface area contributed by atoms with Crippen LogP contribution >= 0.6 is 0 Å². The molecule has 1 saturated heterocycles. The lowest BCUT2D eigenvalue weighted by molar-refractivity contribution is -0.182. The lowest BCUT2D eigenvalue weighted by Crippen LogP contribution is -2.69. The number of carboxylic acids is 1. The monoisotopic (exact) mass is 452 g/mol.